The average molecular weight is 302 g/mol. The molecular weight excluding hydrogens is 284 g/mol. The maximum Gasteiger partial charge on any atom is 0.344 e. The molecule has 0 amide bonds. The third-order valence-corrected chi connectivity index (χ3v) is 3.89. The van der Waals surface area contributed by atoms with Crippen molar-refractivity contribution in [3.63, 3.8) is 0 Å². The van der Waals surface area contributed by atoms with Crippen LogP contribution in [0.15, 0.2) is 34.2 Å². The molecule has 0 saturated heterocycles. The summed E-state index contributed by atoms with van der Waals surface area (Å²) in [6.07, 6.45) is 0. The Labute approximate surface area is 127 Å². The van der Waals surface area contributed by atoms with Gasteiger partial charge < -0.3 is 5.73 Å². The van der Waals surface area contributed by atoms with E-state index < -0.39 is 0 Å². The first-order chi connectivity index (χ1) is 10.1. The minimum Gasteiger partial charge on any atom is -0.320 e. The fraction of sp³-hybridized carbons (Fsp3) is 0.333. The molecule has 0 aliphatic rings. The lowest BCUT2D eigenvalue weighted by Crippen LogP contribution is -2.19. The number of thioether (sulfide) groups is 1. The second-order valence-corrected chi connectivity index (χ2v) is 5.67. The molecule has 3 N–H and O–H groups in total. The molecule has 0 bridgehead atoms. The van der Waals surface area contributed by atoms with Crippen LogP contribution in [-0.2, 0) is 5.75 Å². The summed E-state index contributed by atoms with van der Waals surface area (Å²) in [5.41, 5.74) is 7.31. The van der Waals surface area contributed by atoms with E-state index in [1.165, 1.54) is 11.8 Å². The molecule has 5 nitrogen and oxygen atoms in total. The number of benzene rings is 1. The van der Waals surface area contributed by atoms with Crippen molar-refractivity contribution in [2.24, 2.45) is 5.73 Å². The number of H-pyrrole nitrogens is 1. The number of aromatic amines is 1. The Balaban J connectivity index is 2.19. The van der Waals surface area contributed by atoms with E-state index in [1.807, 2.05) is 38.1 Å². The first-order valence-corrected chi connectivity index (χ1v) is 7.68. The molecule has 21 heavy (non-hydrogen) atoms. The monoisotopic (exact) mass is 302 g/mol. The van der Waals surface area contributed by atoms with Crippen LogP contribution in [0.5, 0.6) is 0 Å². The van der Waals surface area contributed by atoms with Gasteiger partial charge in [0.15, 0.2) is 5.16 Å². The molecule has 2 rings (SSSR count). The summed E-state index contributed by atoms with van der Waals surface area (Å²) in [4.78, 5) is 11.7. The molecule has 1 aromatic heterocycles. The average Bonchev–Trinajstić information content (AvgIpc) is 2.85. The van der Waals surface area contributed by atoms with Gasteiger partial charge in [0.05, 0.1) is 6.54 Å². The van der Waals surface area contributed by atoms with E-state index in [4.69, 9.17) is 5.73 Å². The lowest BCUT2D eigenvalue weighted by molar-refractivity contribution is 0.534. The molecule has 6 heteroatoms. The second kappa shape index (κ2) is 7.16. The van der Waals surface area contributed by atoms with Gasteiger partial charge in [-0.05, 0) is 25.5 Å². The van der Waals surface area contributed by atoms with Gasteiger partial charge in [-0.1, -0.05) is 41.8 Å². The van der Waals surface area contributed by atoms with Crippen molar-refractivity contribution in [2.45, 2.75) is 30.8 Å². The van der Waals surface area contributed by atoms with Crippen LogP contribution in [0, 0.1) is 11.8 Å². The molecule has 0 fully saturated rings. The summed E-state index contributed by atoms with van der Waals surface area (Å²) < 4.78 is 1.65. The highest BCUT2D eigenvalue weighted by atomic mass is 32.2. The van der Waals surface area contributed by atoms with Gasteiger partial charge in [0.1, 0.15) is 0 Å². The van der Waals surface area contributed by atoms with Crippen molar-refractivity contribution in [2.75, 3.05) is 6.54 Å². The molecule has 0 radical (unpaired) electrons. The Kier molecular flexibility index (Phi) is 5.26. The third-order valence-electron chi connectivity index (χ3n) is 2.89. The highest BCUT2D eigenvalue weighted by molar-refractivity contribution is 7.98. The summed E-state index contributed by atoms with van der Waals surface area (Å²) in [5, 5.41) is 7.26. The minimum absolute atomic E-state index is 0.0750. The summed E-state index contributed by atoms with van der Waals surface area (Å²) >= 11 is 1.52. The van der Waals surface area contributed by atoms with Gasteiger partial charge in [-0.15, -0.1) is 5.10 Å². The van der Waals surface area contributed by atoms with Crippen molar-refractivity contribution in [1.29, 1.82) is 0 Å². The Bertz CT molecular complexity index is 721. The lowest BCUT2D eigenvalue weighted by Gasteiger charge is -2.09. The number of nitrogens with two attached hydrogens (primary N) is 1. The standard InChI is InChI=1S/C15H18N4OS/c1-11(2)19-14(20)17-18-15(19)21-10-13-7-4-3-6-12(13)8-5-9-16/h3-4,6-7,11H,9-10,16H2,1-2H3,(H,17,20). The van der Waals surface area contributed by atoms with Crippen molar-refractivity contribution >= 4 is 11.8 Å². The fourth-order valence-corrected chi connectivity index (χ4v) is 2.98. The molecule has 0 aliphatic heterocycles. The second-order valence-electron chi connectivity index (χ2n) is 4.73. The van der Waals surface area contributed by atoms with E-state index >= 15 is 0 Å². The first-order valence-electron chi connectivity index (χ1n) is 6.70. The van der Waals surface area contributed by atoms with E-state index in [2.05, 4.69) is 22.0 Å². The zero-order chi connectivity index (χ0) is 15.2. The summed E-state index contributed by atoms with van der Waals surface area (Å²) in [5.74, 6) is 6.64. The molecule has 0 unspecified atom stereocenters. The molecule has 110 valence electrons. The molecular formula is C15H18N4OS. The topological polar surface area (TPSA) is 76.7 Å². The zero-order valence-corrected chi connectivity index (χ0v) is 12.9. The van der Waals surface area contributed by atoms with Crippen LogP contribution in [0.25, 0.3) is 0 Å². The number of hydrogen-bond donors (Lipinski definition) is 2. The van der Waals surface area contributed by atoms with Crippen LogP contribution in [-0.4, -0.2) is 21.3 Å². The Morgan fingerprint density at radius 3 is 2.90 bits per heavy atom. The lowest BCUT2D eigenvalue weighted by atomic mass is 10.1. The van der Waals surface area contributed by atoms with E-state index in [-0.39, 0.29) is 11.7 Å². The molecule has 0 aliphatic carbocycles. The fourth-order valence-electron chi connectivity index (χ4n) is 1.90. The van der Waals surface area contributed by atoms with Gasteiger partial charge >= 0.3 is 5.69 Å². The molecule has 0 atom stereocenters. The predicted octanol–water partition coefficient (Wildman–Crippen LogP) is 1.75. The summed E-state index contributed by atoms with van der Waals surface area (Å²) in [6.45, 7) is 4.26. The van der Waals surface area contributed by atoms with E-state index in [0.29, 0.717) is 17.5 Å². The van der Waals surface area contributed by atoms with Crippen molar-refractivity contribution < 1.29 is 0 Å². The normalized spacial score (nSPS) is 10.5. The largest absolute Gasteiger partial charge is 0.344 e. The molecule has 0 saturated carbocycles. The highest BCUT2D eigenvalue weighted by Gasteiger charge is 2.12. The van der Waals surface area contributed by atoms with Gasteiger partial charge in [-0.3, -0.25) is 4.57 Å². The first kappa shape index (κ1) is 15.4. The zero-order valence-electron chi connectivity index (χ0n) is 12.1. The van der Waals surface area contributed by atoms with Crippen molar-refractivity contribution in [3.05, 3.63) is 45.9 Å². The smallest absolute Gasteiger partial charge is 0.320 e. The van der Waals surface area contributed by atoms with E-state index in [9.17, 15) is 4.79 Å². The van der Waals surface area contributed by atoms with Crippen LogP contribution in [0.1, 0.15) is 31.0 Å². The maximum atomic E-state index is 11.7. The van der Waals surface area contributed by atoms with Crippen molar-refractivity contribution in [1.82, 2.24) is 14.8 Å². The van der Waals surface area contributed by atoms with E-state index in [0.717, 1.165) is 11.1 Å². The number of nitrogens with zero attached hydrogens (tertiary/aromatic N) is 2. The van der Waals surface area contributed by atoms with Crippen LogP contribution in [0.4, 0.5) is 0 Å². The van der Waals surface area contributed by atoms with Crippen LogP contribution >= 0.6 is 11.8 Å². The highest BCUT2D eigenvalue weighted by Crippen LogP contribution is 2.23. The van der Waals surface area contributed by atoms with Crippen molar-refractivity contribution in [3.8, 4) is 11.8 Å². The summed E-state index contributed by atoms with van der Waals surface area (Å²) in [7, 11) is 0. The minimum atomic E-state index is -0.177. The van der Waals surface area contributed by atoms with Gasteiger partial charge in [0, 0.05) is 17.4 Å². The van der Waals surface area contributed by atoms with Crippen LogP contribution in [0.2, 0.25) is 0 Å². The van der Waals surface area contributed by atoms with E-state index in [1.54, 1.807) is 4.57 Å². The molecule has 1 aromatic carbocycles. The number of nitrogens with one attached hydrogen (secondary N) is 1. The van der Waals surface area contributed by atoms with Crippen LogP contribution < -0.4 is 11.4 Å². The Morgan fingerprint density at radius 1 is 1.43 bits per heavy atom. The number of rotatable bonds is 4. The Hall–Kier alpha value is -1.97. The maximum absolute atomic E-state index is 11.7. The Morgan fingerprint density at radius 2 is 2.19 bits per heavy atom. The van der Waals surface area contributed by atoms with Gasteiger partial charge in [-0.25, -0.2) is 9.89 Å². The quantitative estimate of drug-likeness (QED) is 0.666. The molecule has 0 spiro atoms. The summed E-state index contributed by atoms with van der Waals surface area (Å²) in [6, 6.07) is 8.00. The third kappa shape index (κ3) is 3.78. The van der Waals surface area contributed by atoms with Gasteiger partial charge in [-0.2, -0.15) is 0 Å². The number of aromatic nitrogens is 3. The number of hydrogen-bond acceptors (Lipinski definition) is 4. The molecule has 1 heterocycles. The molecule has 2 aromatic rings. The SMILES string of the molecule is CC(C)n1c(SCc2ccccc2C#CCN)n[nH]c1=O. The van der Waals surface area contributed by atoms with Gasteiger partial charge in [0.25, 0.3) is 0 Å². The van der Waals surface area contributed by atoms with Crippen LogP contribution in [0.3, 0.4) is 0 Å². The predicted molar refractivity (Wildman–Crippen MR) is 85.2 cm³/mol. The van der Waals surface area contributed by atoms with Gasteiger partial charge in [0.2, 0.25) is 0 Å².